The molecule has 1 aromatic carbocycles. The summed E-state index contributed by atoms with van der Waals surface area (Å²) in [6.07, 6.45) is 2.71. The zero-order chi connectivity index (χ0) is 13.1. The molecule has 0 aromatic heterocycles. The van der Waals surface area contributed by atoms with Crippen molar-refractivity contribution in [3.63, 3.8) is 0 Å². The Morgan fingerprint density at radius 1 is 1.50 bits per heavy atom. The number of thiol groups is 1. The Balaban J connectivity index is 2.27. The normalized spacial score (nSPS) is 19.2. The van der Waals surface area contributed by atoms with Crippen molar-refractivity contribution < 1.29 is 4.74 Å². The Labute approximate surface area is 113 Å². The lowest BCUT2D eigenvalue weighted by Gasteiger charge is -2.21. The summed E-state index contributed by atoms with van der Waals surface area (Å²) in [6.45, 7) is 4.62. The molecule has 2 rings (SSSR count). The summed E-state index contributed by atoms with van der Waals surface area (Å²) < 4.78 is 5.47. The predicted octanol–water partition coefficient (Wildman–Crippen LogP) is 3.01. The van der Waals surface area contributed by atoms with Crippen LogP contribution in [0.5, 0.6) is 0 Å². The number of allylic oxidation sites excluding steroid dienone is 1. The molecule has 1 aliphatic rings. The number of rotatable bonds is 2. The van der Waals surface area contributed by atoms with Crippen molar-refractivity contribution in [3.8, 4) is 0 Å². The van der Waals surface area contributed by atoms with Gasteiger partial charge >= 0.3 is 0 Å². The van der Waals surface area contributed by atoms with Gasteiger partial charge in [0.1, 0.15) is 5.82 Å². The number of nitrogens with zero attached hydrogens (tertiary/aromatic N) is 1. The summed E-state index contributed by atoms with van der Waals surface area (Å²) in [4.78, 5) is 5.19. The van der Waals surface area contributed by atoms with Gasteiger partial charge in [-0.2, -0.15) is 0 Å². The van der Waals surface area contributed by atoms with Crippen LogP contribution in [-0.2, 0) is 4.74 Å². The minimum atomic E-state index is 0.192. The summed E-state index contributed by atoms with van der Waals surface area (Å²) in [7, 11) is 0. The van der Waals surface area contributed by atoms with Gasteiger partial charge in [-0.25, -0.2) is 4.99 Å². The number of hydrogen-bond acceptors (Lipinski definition) is 4. The smallest absolute Gasteiger partial charge is 0.190 e. The van der Waals surface area contributed by atoms with Crippen molar-refractivity contribution in [3.05, 3.63) is 41.2 Å². The highest BCUT2D eigenvalue weighted by Gasteiger charge is 2.20. The van der Waals surface area contributed by atoms with Crippen LogP contribution in [0.1, 0.15) is 30.4 Å². The molecule has 96 valence electrons. The fraction of sp³-hybridized carbons (Fsp3) is 0.357. The first-order chi connectivity index (χ1) is 8.60. The fourth-order valence-electron chi connectivity index (χ4n) is 2.10. The Hall–Kier alpha value is -1.42. The molecule has 0 aliphatic carbocycles. The Morgan fingerprint density at radius 2 is 2.28 bits per heavy atom. The van der Waals surface area contributed by atoms with Crippen molar-refractivity contribution in [2.75, 3.05) is 6.61 Å². The van der Waals surface area contributed by atoms with Crippen LogP contribution in [0.3, 0.4) is 0 Å². The van der Waals surface area contributed by atoms with Crippen LogP contribution in [0.4, 0.5) is 0 Å². The van der Waals surface area contributed by atoms with Crippen molar-refractivity contribution in [2.24, 2.45) is 10.7 Å². The lowest BCUT2D eigenvalue weighted by molar-refractivity contribution is 0.313. The molecule has 1 heterocycles. The number of aliphatic imine (C=N–C) groups is 1. The SMILES string of the molecule is CCOC1=NC(N)=CC(c2ccc(C)cc2S)C1. The molecular weight excluding hydrogens is 244 g/mol. The van der Waals surface area contributed by atoms with E-state index < -0.39 is 0 Å². The molecule has 4 heteroatoms. The molecule has 0 amide bonds. The van der Waals surface area contributed by atoms with Crippen LogP contribution in [0, 0.1) is 6.92 Å². The molecule has 1 aliphatic heterocycles. The van der Waals surface area contributed by atoms with Crippen molar-refractivity contribution >= 4 is 18.5 Å². The molecule has 1 aromatic rings. The van der Waals surface area contributed by atoms with Gasteiger partial charge in [0.15, 0.2) is 5.90 Å². The maximum atomic E-state index is 5.83. The van der Waals surface area contributed by atoms with E-state index in [1.54, 1.807) is 0 Å². The van der Waals surface area contributed by atoms with Crippen molar-refractivity contribution in [1.29, 1.82) is 0 Å². The number of benzene rings is 1. The van der Waals surface area contributed by atoms with Gasteiger partial charge < -0.3 is 10.5 Å². The molecular formula is C14H18N2OS. The Morgan fingerprint density at radius 3 is 2.94 bits per heavy atom. The molecule has 0 saturated heterocycles. The zero-order valence-corrected chi connectivity index (χ0v) is 11.6. The second kappa shape index (κ2) is 5.48. The van der Waals surface area contributed by atoms with E-state index in [0.717, 1.165) is 11.3 Å². The van der Waals surface area contributed by atoms with E-state index in [-0.39, 0.29) is 5.92 Å². The largest absolute Gasteiger partial charge is 0.481 e. The van der Waals surface area contributed by atoms with E-state index in [0.29, 0.717) is 18.3 Å². The van der Waals surface area contributed by atoms with Crippen LogP contribution in [0.25, 0.3) is 0 Å². The number of ether oxygens (including phenoxy) is 1. The van der Waals surface area contributed by atoms with E-state index in [1.807, 2.05) is 13.0 Å². The van der Waals surface area contributed by atoms with Gasteiger partial charge in [-0.1, -0.05) is 17.7 Å². The number of hydrogen-bond donors (Lipinski definition) is 2. The maximum Gasteiger partial charge on any atom is 0.190 e. The van der Waals surface area contributed by atoms with Crippen LogP contribution >= 0.6 is 12.6 Å². The van der Waals surface area contributed by atoms with E-state index in [2.05, 4.69) is 42.7 Å². The summed E-state index contributed by atoms with van der Waals surface area (Å²) in [5, 5.41) is 0. The van der Waals surface area contributed by atoms with Gasteiger partial charge in [0, 0.05) is 17.2 Å². The topological polar surface area (TPSA) is 47.6 Å². The first kappa shape index (κ1) is 13.0. The fourth-order valence-corrected chi connectivity index (χ4v) is 2.55. The minimum absolute atomic E-state index is 0.192. The quantitative estimate of drug-likeness (QED) is 0.805. The summed E-state index contributed by atoms with van der Waals surface area (Å²) in [5.41, 5.74) is 8.20. The first-order valence-corrected chi connectivity index (χ1v) is 6.52. The monoisotopic (exact) mass is 262 g/mol. The third-order valence-corrected chi connectivity index (χ3v) is 3.30. The second-order valence-corrected chi connectivity index (χ2v) is 4.88. The maximum absolute atomic E-state index is 5.83. The molecule has 18 heavy (non-hydrogen) atoms. The molecule has 0 spiro atoms. The highest BCUT2D eigenvalue weighted by Crippen LogP contribution is 2.31. The summed E-state index contributed by atoms with van der Waals surface area (Å²) >= 11 is 4.54. The standard InChI is InChI=1S/C14H18N2OS/c1-3-17-14-8-10(7-13(15)16-14)11-5-4-9(2)6-12(11)18/h4-7,10,18H,3,8,15H2,1-2H3. The summed E-state index contributed by atoms with van der Waals surface area (Å²) in [6, 6.07) is 6.25. The first-order valence-electron chi connectivity index (χ1n) is 6.07. The van der Waals surface area contributed by atoms with Gasteiger partial charge in [0.2, 0.25) is 0 Å². The van der Waals surface area contributed by atoms with E-state index in [4.69, 9.17) is 10.5 Å². The minimum Gasteiger partial charge on any atom is -0.481 e. The van der Waals surface area contributed by atoms with Gasteiger partial charge in [-0.3, -0.25) is 0 Å². The van der Waals surface area contributed by atoms with E-state index >= 15 is 0 Å². The molecule has 3 nitrogen and oxygen atoms in total. The molecule has 2 N–H and O–H groups in total. The van der Waals surface area contributed by atoms with Gasteiger partial charge in [0.25, 0.3) is 0 Å². The number of nitrogens with two attached hydrogens (primary N) is 1. The average Bonchev–Trinajstić information content (AvgIpc) is 2.28. The third kappa shape index (κ3) is 2.88. The lowest BCUT2D eigenvalue weighted by atomic mass is 9.93. The van der Waals surface area contributed by atoms with E-state index in [1.165, 1.54) is 11.1 Å². The molecule has 1 unspecified atom stereocenters. The Bertz CT molecular complexity index is 509. The van der Waals surface area contributed by atoms with Gasteiger partial charge in [0.05, 0.1) is 6.61 Å². The third-order valence-electron chi connectivity index (χ3n) is 2.92. The Kier molecular flexibility index (Phi) is 3.97. The average molecular weight is 262 g/mol. The highest BCUT2D eigenvalue weighted by atomic mass is 32.1. The van der Waals surface area contributed by atoms with E-state index in [9.17, 15) is 0 Å². The predicted molar refractivity (Wildman–Crippen MR) is 77.1 cm³/mol. The molecule has 0 saturated carbocycles. The van der Waals surface area contributed by atoms with Crippen LogP contribution in [-0.4, -0.2) is 12.5 Å². The zero-order valence-electron chi connectivity index (χ0n) is 10.7. The van der Waals surface area contributed by atoms with Crippen molar-refractivity contribution in [2.45, 2.75) is 31.1 Å². The van der Waals surface area contributed by atoms with Gasteiger partial charge in [-0.05, 0) is 31.6 Å². The molecule has 0 radical (unpaired) electrons. The van der Waals surface area contributed by atoms with Crippen LogP contribution in [0.2, 0.25) is 0 Å². The van der Waals surface area contributed by atoms with Crippen molar-refractivity contribution in [1.82, 2.24) is 0 Å². The molecule has 0 fully saturated rings. The number of aryl methyl sites for hydroxylation is 1. The van der Waals surface area contributed by atoms with Crippen LogP contribution in [0.15, 0.2) is 40.0 Å². The highest BCUT2D eigenvalue weighted by molar-refractivity contribution is 7.80. The molecule has 0 bridgehead atoms. The lowest BCUT2D eigenvalue weighted by Crippen LogP contribution is -2.17. The second-order valence-electron chi connectivity index (χ2n) is 4.40. The van der Waals surface area contributed by atoms with Crippen LogP contribution < -0.4 is 5.73 Å². The van der Waals surface area contributed by atoms with Gasteiger partial charge in [-0.15, -0.1) is 12.6 Å². The summed E-state index contributed by atoms with van der Waals surface area (Å²) in [5.74, 6) is 1.41. The molecule has 1 atom stereocenters.